The molecule has 0 heterocycles. The van der Waals surface area contributed by atoms with Gasteiger partial charge in [0.15, 0.2) is 0 Å². The highest BCUT2D eigenvalue weighted by Crippen LogP contribution is 2.26. The first-order chi connectivity index (χ1) is 8.54. The Morgan fingerprint density at radius 3 is 2.42 bits per heavy atom. The Morgan fingerprint density at radius 1 is 1.37 bits per heavy atom. The lowest BCUT2D eigenvalue weighted by atomic mass is 9.82. The summed E-state index contributed by atoms with van der Waals surface area (Å²) in [5.74, 6) is 0.0683. The van der Waals surface area contributed by atoms with Crippen LogP contribution in [0.5, 0.6) is 5.75 Å². The summed E-state index contributed by atoms with van der Waals surface area (Å²) in [6, 6.07) is 3.85. The van der Waals surface area contributed by atoms with Crippen molar-refractivity contribution in [3.8, 4) is 5.75 Å². The smallest absolute Gasteiger partial charge is 0.240 e. The molecular weight excluding hydrogens is 264 g/mol. The number of benzene rings is 1. The third kappa shape index (κ3) is 4.11. The first-order valence-corrected chi connectivity index (χ1v) is 7.60. The Labute approximate surface area is 114 Å². The number of aromatic hydroxyl groups is 1. The van der Waals surface area contributed by atoms with Crippen molar-refractivity contribution in [1.29, 1.82) is 0 Å². The first-order valence-electron chi connectivity index (χ1n) is 6.12. The zero-order valence-electron chi connectivity index (χ0n) is 11.8. The molecule has 1 unspecified atom stereocenters. The van der Waals surface area contributed by atoms with Gasteiger partial charge in [0.2, 0.25) is 10.0 Å². The maximum absolute atomic E-state index is 12.1. The van der Waals surface area contributed by atoms with Crippen LogP contribution in [0.1, 0.15) is 27.7 Å². The van der Waals surface area contributed by atoms with E-state index in [1.807, 2.05) is 6.92 Å². The summed E-state index contributed by atoms with van der Waals surface area (Å²) in [5, 5.41) is 9.29. The molecule has 1 aromatic rings. The molecule has 0 aliphatic heterocycles. The van der Waals surface area contributed by atoms with Crippen LogP contribution in [0, 0.1) is 11.3 Å². The van der Waals surface area contributed by atoms with E-state index in [9.17, 15) is 13.5 Å². The molecule has 5 nitrogen and oxygen atoms in total. The lowest BCUT2D eigenvalue weighted by Gasteiger charge is -2.27. The van der Waals surface area contributed by atoms with Gasteiger partial charge in [0.05, 0.1) is 10.6 Å². The molecule has 0 fully saturated rings. The maximum atomic E-state index is 12.1. The summed E-state index contributed by atoms with van der Waals surface area (Å²) >= 11 is 0. The molecule has 0 saturated carbocycles. The highest BCUT2D eigenvalue weighted by molar-refractivity contribution is 7.89. The second kappa shape index (κ2) is 5.38. The lowest BCUT2D eigenvalue weighted by Crippen LogP contribution is -2.33. The molecule has 0 aliphatic rings. The predicted molar refractivity (Wildman–Crippen MR) is 76.3 cm³/mol. The Morgan fingerprint density at radius 2 is 1.95 bits per heavy atom. The fourth-order valence-electron chi connectivity index (χ4n) is 1.32. The molecule has 0 saturated heterocycles. The molecule has 0 bridgehead atoms. The predicted octanol–water partition coefficient (Wildman–Crippen LogP) is 1.93. The van der Waals surface area contributed by atoms with E-state index in [0.29, 0.717) is 6.54 Å². The van der Waals surface area contributed by atoms with Crippen LogP contribution in [-0.2, 0) is 10.0 Å². The molecule has 0 aromatic heterocycles. The summed E-state index contributed by atoms with van der Waals surface area (Å²) in [6.45, 7) is 8.53. The minimum Gasteiger partial charge on any atom is -0.506 e. The average molecular weight is 286 g/mol. The van der Waals surface area contributed by atoms with Gasteiger partial charge in [-0.15, -0.1) is 0 Å². The minimum absolute atomic E-state index is 0.0243. The monoisotopic (exact) mass is 286 g/mol. The largest absolute Gasteiger partial charge is 0.506 e. The number of nitrogens with one attached hydrogen (secondary N) is 1. The number of nitrogens with two attached hydrogens (primary N) is 1. The number of anilines is 1. The van der Waals surface area contributed by atoms with Crippen molar-refractivity contribution in [3.05, 3.63) is 18.2 Å². The quantitative estimate of drug-likeness (QED) is 0.582. The molecule has 4 N–H and O–H groups in total. The SMILES string of the molecule is CC(CNS(=O)(=O)c1ccc(O)c(N)c1)C(C)(C)C. The van der Waals surface area contributed by atoms with E-state index in [1.165, 1.54) is 18.2 Å². The van der Waals surface area contributed by atoms with Crippen molar-refractivity contribution >= 4 is 15.7 Å². The summed E-state index contributed by atoms with van der Waals surface area (Å²) < 4.78 is 26.7. The van der Waals surface area contributed by atoms with Gasteiger partial charge in [-0.25, -0.2) is 13.1 Å². The van der Waals surface area contributed by atoms with Gasteiger partial charge >= 0.3 is 0 Å². The number of phenolic OH excluding ortho intramolecular Hbond substituents is 1. The van der Waals surface area contributed by atoms with Crippen LogP contribution in [0.3, 0.4) is 0 Å². The molecular formula is C13H22N2O3S. The Bertz CT molecular complexity index is 547. The highest BCUT2D eigenvalue weighted by atomic mass is 32.2. The Balaban J connectivity index is 2.85. The second-order valence-corrected chi connectivity index (χ2v) is 7.61. The van der Waals surface area contributed by atoms with Gasteiger partial charge in [0, 0.05) is 6.54 Å². The van der Waals surface area contributed by atoms with Gasteiger partial charge in [-0.2, -0.15) is 0 Å². The number of phenols is 1. The summed E-state index contributed by atoms with van der Waals surface area (Å²) in [6.07, 6.45) is 0. The molecule has 108 valence electrons. The van der Waals surface area contributed by atoms with E-state index >= 15 is 0 Å². The molecule has 19 heavy (non-hydrogen) atoms. The van der Waals surface area contributed by atoms with Gasteiger partial charge in [-0.1, -0.05) is 27.7 Å². The molecule has 6 heteroatoms. The van der Waals surface area contributed by atoms with Crippen LogP contribution < -0.4 is 10.5 Å². The number of nitrogen functional groups attached to an aromatic ring is 1. The Kier molecular flexibility index (Phi) is 4.47. The van der Waals surface area contributed by atoms with E-state index in [2.05, 4.69) is 25.5 Å². The van der Waals surface area contributed by atoms with E-state index in [0.717, 1.165) is 0 Å². The summed E-state index contributed by atoms with van der Waals surface area (Å²) in [7, 11) is -3.60. The van der Waals surface area contributed by atoms with Crippen molar-refractivity contribution in [2.45, 2.75) is 32.6 Å². The molecule has 0 aliphatic carbocycles. The first kappa shape index (κ1) is 15.8. The van der Waals surface area contributed by atoms with Gasteiger partial charge in [-0.3, -0.25) is 0 Å². The van der Waals surface area contributed by atoms with Crippen LogP contribution in [0.25, 0.3) is 0 Å². The zero-order chi connectivity index (χ0) is 14.8. The molecule has 1 atom stereocenters. The van der Waals surface area contributed by atoms with Crippen LogP contribution in [0.2, 0.25) is 0 Å². The Hall–Kier alpha value is -1.27. The fourth-order valence-corrected chi connectivity index (χ4v) is 2.49. The van der Waals surface area contributed by atoms with Crippen molar-refractivity contribution in [1.82, 2.24) is 4.72 Å². The van der Waals surface area contributed by atoms with Crippen LogP contribution in [-0.4, -0.2) is 20.1 Å². The fraction of sp³-hybridized carbons (Fsp3) is 0.538. The number of hydrogen-bond acceptors (Lipinski definition) is 4. The van der Waals surface area contributed by atoms with Crippen molar-refractivity contribution in [2.24, 2.45) is 11.3 Å². The van der Waals surface area contributed by atoms with Crippen LogP contribution in [0.4, 0.5) is 5.69 Å². The number of hydrogen-bond donors (Lipinski definition) is 3. The highest BCUT2D eigenvalue weighted by Gasteiger charge is 2.23. The van der Waals surface area contributed by atoms with Crippen molar-refractivity contribution in [3.63, 3.8) is 0 Å². The van der Waals surface area contributed by atoms with Gasteiger partial charge in [0.1, 0.15) is 5.75 Å². The van der Waals surface area contributed by atoms with Crippen molar-refractivity contribution in [2.75, 3.05) is 12.3 Å². The molecule has 0 spiro atoms. The van der Waals surface area contributed by atoms with E-state index in [4.69, 9.17) is 5.73 Å². The van der Waals surface area contributed by atoms with E-state index in [-0.39, 0.29) is 27.7 Å². The normalized spacial score (nSPS) is 14.3. The third-order valence-corrected chi connectivity index (χ3v) is 4.79. The van der Waals surface area contributed by atoms with Gasteiger partial charge in [-0.05, 0) is 29.5 Å². The van der Waals surface area contributed by atoms with E-state index in [1.54, 1.807) is 0 Å². The van der Waals surface area contributed by atoms with Crippen LogP contribution >= 0.6 is 0 Å². The average Bonchev–Trinajstić information content (AvgIpc) is 2.28. The molecule has 0 radical (unpaired) electrons. The van der Waals surface area contributed by atoms with E-state index < -0.39 is 10.0 Å². The summed E-state index contributed by atoms with van der Waals surface area (Å²) in [5.41, 5.74) is 5.57. The second-order valence-electron chi connectivity index (χ2n) is 5.84. The lowest BCUT2D eigenvalue weighted by molar-refractivity contribution is 0.263. The minimum atomic E-state index is -3.60. The molecule has 0 amide bonds. The van der Waals surface area contributed by atoms with Gasteiger partial charge in [0.25, 0.3) is 0 Å². The summed E-state index contributed by atoms with van der Waals surface area (Å²) in [4.78, 5) is 0.0592. The van der Waals surface area contributed by atoms with Gasteiger partial charge < -0.3 is 10.8 Å². The zero-order valence-corrected chi connectivity index (χ0v) is 12.6. The molecule has 1 aromatic carbocycles. The number of rotatable bonds is 4. The number of sulfonamides is 1. The third-order valence-electron chi connectivity index (χ3n) is 3.37. The van der Waals surface area contributed by atoms with Crippen LogP contribution in [0.15, 0.2) is 23.1 Å². The maximum Gasteiger partial charge on any atom is 0.240 e. The van der Waals surface area contributed by atoms with Crippen molar-refractivity contribution < 1.29 is 13.5 Å². The molecule has 1 rings (SSSR count). The standard InChI is InChI=1S/C13H22N2O3S/c1-9(13(2,3)4)8-15-19(17,18)10-5-6-12(16)11(14)7-10/h5-7,9,15-16H,8,14H2,1-4H3. The topological polar surface area (TPSA) is 92.4 Å².